The predicted octanol–water partition coefficient (Wildman–Crippen LogP) is 7.69. The summed E-state index contributed by atoms with van der Waals surface area (Å²) in [6, 6.07) is 24.3. The van der Waals surface area contributed by atoms with Crippen LogP contribution < -0.4 is 10.6 Å². The Morgan fingerprint density at radius 3 is 2.14 bits per heavy atom. The molecule has 0 bridgehead atoms. The zero-order valence-electron chi connectivity index (χ0n) is 19.5. The molecular formula is C30H28N2O2S. The van der Waals surface area contributed by atoms with E-state index >= 15 is 0 Å². The van der Waals surface area contributed by atoms with Gasteiger partial charge in [-0.25, -0.2) is 0 Å². The number of ketones is 2. The van der Waals surface area contributed by atoms with Crippen LogP contribution >= 0.6 is 11.8 Å². The summed E-state index contributed by atoms with van der Waals surface area (Å²) in [6.45, 7) is 0. The molecule has 4 nitrogen and oxygen atoms in total. The molecule has 0 saturated heterocycles. The lowest BCUT2D eigenvalue weighted by molar-refractivity contribution is -0.113. The maximum absolute atomic E-state index is 12.7. The largest absolute Gasteiger partial charge is 0.356 e. The first-order valence-electron chi connectivity index (χ1n) is 12.1. The Bertz CT molecular complexity index is 1270. The van der Waals surface area contributed by atoms with Crippen molar-refractivity contribution < 1.29 is 9.59 Å². The van der Waals surface area contributed by atoms with Gasteiger partial charge in [-0.1, -0.05) is 37.5 Å². The van der Waals surface area contributed by atoms with Gasteiger partial charge in [0.25, 0.3) is 0 Å². The second-order valence-electron chi connectivity index (χ2n) is 8.94. The van der Waals surface area contributed by atoms with E-state index in [1.165, 1.54) is 50.3 Å². The monoisotopic (exact) mass is 480 g/mol. The van der Waals surface area contributed by atoms with Crippen LogP contribution in [-0.2, 0) is 9.59 Å². The molecule has 5 rings (SSSR count). The lowest BCUT2D eigenvalue weighted by Crippen LogP contribution is -2.10. The van der Waals surface area contributed by atoms with Crippen LogP contribution in [0.25, 0.3) is 5.57 Å². The molecule has 35 heavy (non-hydrogen) atoms. The van der Waals surface area contributed by atoms with Crippen LogP contribution in [-0.4, -0.2) is 16.8 Å². The summed E-state index contributed by atoms with van der Waals surface area (Å²) in [5.74, 6) is -0.304. The Kier molecular flexibility index (Phi) is 7.15. The van der Waals surface area contributed by atoms with Crippen molar-refractivity contribution in [3.8, 4) is 0 Å². The number of rotatable bonds is 7. The number of nitrogens with one attached hydrogen (secondary N) is 2. The highest BCUT2D eigenvalue weighted by atomic mass is 32.2. The number of allylic oxidation sites excluding steroid dienone is 4. The van der Waals surface area contributed by atoms with Gasteiger partial charge in [-0.2, -0.15) is 0 Å². The highest BCUT2D eigenvalue weighted by Crippen LogP contribution is 2.38. The summed E-state index contributed by atoms with van der Waals surface area (Å²) in [5.41, 5.74) is 4.94. The van der Waals surface area contributed by atoms with E-state index in [1.54, 1.807) is 0 Å². The van der Waals surface area contributed by atoms with E-state index in [4.69, 9.17) is 0 Å². The lowest BCUT2D eigenvalue weighted by Gasteiger charge is -2.22. The van der Waals surface area contributed by atoms with Crippen molar-refractivity contribution in [3.63, 3.8) is 0 Å². The Morgan fingerprint density at radius 2 is 1.40 bits per heavy atom. The predicted molar refractivity (Wildman–Crippen MR) is 146 cm³/mol. The maximum Gasteiger partial charge on any atom is 0.186 e. The first-order chi connectivity index (χ1) is 17.1. The number of carbonyl (C=O) groups is 2. The molecule has 0 heterocycles. The van der Waals surface area contributed by atoms with E-state index in [2.05, 4.69) is 22.8 Å². The maximum atomic E-state index is 12.7. The quantitative estimate of drug-likeness (QED) is 0.340. The minimum Gasteiger partial charge on any atom is -0.356 e. The smallest absolute Gasteiger partial charge is 0.186 e. The number of para-hydroxylation sites is 1. The second-order valence-corrected chi connectivity index (χ2v) is 10.3. The first-order valence-corrected chi connectivity index (χ1v) is 13.0. The number of anilines is 4. The van der Waals surface area contributed by atoms with Gasteiger partial charge >= 0.3 is 0 Å². The lowest BCUT2D eigenvalue weighted by atomic mass is 9.95. The Hall–Kier alpha value is -3.57. The van der Waals surface area contributed by atoms with Crippen LogP contribution in [0.3, 0.4) is 0 Å². The fraction of sp³-hybridized carbons (Fsp3) is 0.200. The van der Waals surface area contributed by atoms with Crippen molar-refractivity contribution in [2.45, 2.75) is 42.2 Å². The summed E-state index contributed by atoms with van der Waals surface area (Å²) >= 11 is 1.89. The summed E-state index contributed by atoms with van der Waals surface area (Å²) in [6.07, 6.45) is 10.5. The molecule has 0 aromatic heterocycles. The van der Waals surface area contributed by atoms with Gasteiger partial charge in [-0.15, -0.1) is 11.8 Å². The van der Waals surface area contributed by atoms with E-state index in [-0.39, 0.29) is 11.6 Å². The van der Waals surface area contributed by atoms with Crippen LogP contribution in [0.2, 0.25) is 0 Å². The molecule has 176 valence electrons. The number of hydrogen-bond acceptors (Lipinski definition) is 5. The fourth-order valence-corrected chi connectivity index (χ4v) is 5.79. The fourth-order valence-electron chi connectivity index (χ4n) is 4.50. The van der Waals surface area contributed by atoms with Crippen LogP contribution in [0.4, 0.5) is 22.7 Å². The normalized spacial score (nSPS) is 16.2. The van der Waals surface area contributed by atoms with Crippen LogP contribution in [0, 0.1) is 0 Å². The third-order valence-corrected chi connectivity index (χ3v) is 7.64. The van der Waals surface area contributed by atoms with Crippen LogP contribution in [0.5, 0.6) is 0 Å². The van der Waals surface area contributed by atoms with E-state index < -0.39 is 0 Å². The van der Waals surface area contributed by atoms with E-state index in [1.807, 2.05) is 72.4 Å². The SMILES string of the molecule is O=C1C=CC(=O)C(c2cc(SC3CCCCC3)ccc2Nc2ccc(Nc3ccccc3)cc2)=C1. The Labute approximate surface area is 210 Å². The summed E-state index contributed by atoms with van der Waals surface area (Å²) in [5, 5.41) is 7.46. The third-order valence-electron chi connectivity index (χ3n) is 6.31. The molecule has 0 amide bonds. The van der Waals surface area contributed by atoms with Gasteiger partial charge in [0, 0.05) is 44.0 Å². The van der Waals surface area contributed by atoms with Crippen LogP contribution in [0.1, 0.15) is 37.7 Å². The number of hydrogen-bond donors (Lipinski definition) is 2. The van der Waals surface area contributed by atoms with Crippen molar-refractivity contribution in [1.29, 1.82) is 0 Å². The van der Waals surface area contributed by atoms with Crippen LogP contribution in [0.15, 0.2) is 95.9 Å². The zero-order chi connectivity index (χ0) is 24.0. The summed E-state index contributed by atoms with van der Waals surface area (Å²) < 4.78 is 0. The molecule has 1 saturated carbocycles. The standard InChI is InChI=1S/C30H28N2O2S/c33-24-15-18-30(34)28(19-24)27-20-26(35-25-9-5-2-6-10-25)16-17-29(27)32-23-13-11-22(12-14-23)31-21-7-3-1-4-8-21/h1,3-4,7-8,11-20,25,31-32H,2,5-6,9-10H2. The van der Waals surface area contributed by atoms with Crippen molar-refractivity contribution in [1.82, 2.24) is 0 Å². The third kappa shape index (κ3) is 5.92. The highest BCUT2D eigenvalue weighted by Gasteiger charge is 2.21. The van der Waals surface area contributed by atoms with Gasteiger partial charge in [0.1, 0.15) is 0 Å². The van der Waals surface area contributed by atoms with E-state index in [9.17, 15) is 9.59 Å². The highest BCUT2D eigenvalue weighted by molar-refractivity contribution is 8.00. The summed E-state index contributed by atoms with van der Waals surface area (Å²) in [7, 11) is 0. The number of carbonyl (C=O) groups excluding carboxylic acids is 2. The van der Waals surface area contributed by atoms with Gasteiger partial charge in [0.05, 0.1) is 0 Å². The zero-order valence-corrected chi connectivity index (χ0v) is 20.3. The average Bonchev–Trinajstić information content (AvgIpc) is 2.89. The topological polar surface area (TPSA) is 58.2 Å². The molecule has 5 heteroatoms. The van der Waals surface area contributed by atoms with Gasteiger partial charge in [0.2, 0.25) is 0 Å². The molecule has 1 fully saturated rings. The molecule has 0 radical (unpaired) electrons. The minimum atomic E-state index is -0.160. The van der Waals surface area contributed by atoms with Gasteiger partial charge in [0.15, 0.2) is 11.6 Å². The van der Waals surface area contributed by atoms with Crippen molar-refractivity contribution in [2.24, 2.45) is 0 Å². The first kappa shape index (κ1) is 23.2. The molecule has 3 aromatic carbocycles. The summed E-state index contributed by atoms with van der Waals surface area (Å²) in [4.78, 5) is 26.0. The molecule has 0 spiro atoms. The van der Waals surface area contributed by atoms with Crippen molar-refractivity contribution in [3.05, 3.63) is 96.6 Å². The van der Waals surface area contributed by atoms with Gasteiger partial charge in [-0.05, 0) is 85.7 Å². The van der Waals surface area contributed by atoms with Gasteiger partial charge in [-0.3, -0.25) is 9.59 Å². The van der Waals surface area contributed by atoms with E-state index in [0.29, 0.717) is 10.8 Å². The number of benzene rings is 3. The Morgan fingerprint density at radius 1 is 0.714 bits per heavy atom. The second kappa shape index (κ2) is 10.8. The van der Waals surface area contributed by atoms with Crippen molar-refractivity contribution >= 4 is 51.7 Å². The molecule has 0 unspecified atom stereocenters. The minimum absolute atomic E-state index is 0.144. The molecule has 0 atom stereocenters. The van der Waals surface area contributed by atoms with E-state index in [0.717, 1.165) is 33.2 Å². The number of thioether (sulfide) groups is 1. The molecule has 3 aromatic rings. The molecule has 0 aliphatic heterocycles. The van der Waals surface area contributed by atoms with Crippen molar-refractivity contribution in [2.75, 3.05) is 10.6 Å². The Balaban J connectivity index is 1.40. The average molecular weight is 481 g/mol. The molecule has 2 N–H and O–H groups in total. The van der Waals surface area contributed by atoms with Gasteiger partial charge < -0.3 is 10.6 Å². The molecule has 2 aliphatic carbocycles. The molecule has 2 aliphatic rings. The molecular weight excluding hydrogens is 452 g/mol.